The number of carbonyl (C=O) groups is 1. The average Bonchev–Trinajstić information content (AvgIpc) is 2.74. The van der Waals surface area contributed by atoms with E-state index >= 15 is 0 Å². The molecule has 0 atom stereocenters. The van der Waals surface area contributed by atoms with Gasteiger partial charge in [-0.05, 0) is 49.9 Å². The van der Waals surface area contributed by atoms with E-state index in [1.807, 2.05) is 0 Å². The van der Waals surface area contributed by atoms with Crippen LogP contribution >= 0.6 is 0 Å². The molecule has 1 aromatic carbocycles. The van der Waals surface area contributed by atoms with Crippen LogP contribution in [0.5, 0.6) is 0 Å². The van der Waals surface area contributed by atoms with Crippen LogP contribution in [0.2, 0.25) is 0 Å². The van der Waals surface area contributed by atoms with E-state index < -0.39 is 16.0 Å². The molecule has 0 saturated heterocycles. The molecule has 0 amide bonds. The summed E-state index contributed by atoms with van der Waals surface area (Å²) >= 11 is 0. The molecule has 3 rings (SSSR count). The maximum Gasteiger partial charge on any atom is 0.335 e. The van der Waals surface area contributed by atoms with Crippen LogP contribution in [0.4, 0.5) is 0 Å². The van der Waals surface area contributed by atoms with Crippen molar-refractivity contribution in [2.75, 3.05) is 13.1 Å². The zero-order valence-electron chi connectivity index (χ0n) is 13.4. The van der Waals surface area contributed by atoms with Gasteiger partial charge in [0.05, 0.1) is 5.56 Å². The fourth-order valence-corrected chi connectivity index (χ4v) is 4.78. The summed E-state index contributed by atoms with van der Waals surface area (Å²) in [5, 5.41) is 12.8. The van der Waals surface area contributed by atoms with Crippen LogP contribution in [0.1, 0.15) is 32.9 Å². The Balaban J connectivity index is 1.90. The van der Waals surface area contributed by atoms with Gasteiger partial charge in [0.25, 0.3) is 0 Å². The number of aromatic carboxylic acids is 1. The van der Waals surface area contributed by atoms with Gasteiger partial charge in [0.15, 0.2) is 5.76 Å². The second kappa shape index (κ2) is 6.03. The Kier molecular flexibility index (Phi) is 4.18. The number of carboxylic acids is 1. The molecule has 0 radical (unpaired) electrons. The molecular formula is C16H18N2O5S. The molecule has 8 heteroatoms. The van der Waals surface area contributed by atoms with Crippen molar-refractivity contribution >= 4 is 16.0 Å². The number of benzene rings is 1. The van der Waals surface area contributed by atoms with Crippen molar-refractivity contribution in [1.29, 1.82) is 0 Å². The van der Waals surface area contributed by atoms with Crippen molar-refractivity contribution < 1.29 is 22.8 Å². The van der Waals surface area contributed by atoms with E-state index in [0.717, 1.165) is 11.1 Å². The van der Waals surface area contributed by atoms with Gasteiger partial charge in [-0.2, -0.15) is 4.31 Å². The summed E-state index contributed by atoms with van der Waals surface area (Å²) in [6.45, 7) is 3.82. The maximum atomic E-state index is 12.9. The van der Waals surface area contributed by atoms with Gasteiger partial charge in [-0.25, -0.2) is 13.2 Å². The predicted molar refractivity (Wildman–Crippen MR) is 85.5 cm³/mol. The van der Waals surface area contributed by atoms with Crippen LogP contribution in [0.15, 0.2) is 27.6 Å². The Labute approximate surface area is 139 Å². The first-order chi connectivity index (χ1) is 11.3. The zero-order valence-corrected chi connectivity index (χ0v) is 14.3. The van der Waals surface area contributed by atoms with Crippen molar-refractivity contribution in [1.82, 2.24) is 9.46 Å². The fourth-order valence-electron chi connectivity index (χ4n) is 3.05. The molecule has 0 fully saturated rings. The number of rotatable bonds is 3. The van der Waals surface area contributed by atoms with Gasteiger partial charge in [0.1, 0.15) is 10.6 Å². The SMILES string of the molecule is Cc1noc(C)c1S(=O)(=O)N1CCc2ccc(C(=O)O)cc2CC1. The van der Waals surface area contributed by atoms with Gasteiger partial charge in [-0.1, -0.05) is 11.2 Å². The number of hydrogen-bond acceptors (Lipinski definition) is 5. The Morgan fingerprint density at radius 3 is 2.46 bits per heavy atom. The van der Waals surface area contributed by atoms with Gasteiger partial charge in [0, 0.05) is 13.1 Å². The van der Waals surface area contributed by atoms with Gasteiger partial charge in [0.2, 0.25) is 10.0 Å². The largest absolute Gasteiger partial charge is 0.478 e. The zero-order chi connectivity index (χ0) is 17.5. The normalized spacial score (nSPS) is 15.8. The number of sulfonamides is 1. The molecule has 128 valence electrons. The van der Waals surface area contributed by atoms with E-state index in [0.29, 0.717) is 31.6 Å². The quantitative estimate of drug-likeness (QED) is 0.905. The number of hydrogen-bond donors (Lipinski definition) is 1. The van der Waals surface area contributed by atoms with Crippen LogP contribution in [0.25, 0.3) is 0 Å². The first-order valence-electron chi connectivity index (χ1n) is 7.59. The predicted octanol–water partition coefficient (Wildman–Crippen LogP) is 1.78. The van der Waals surface area contributed by atoms with E-state index in [-0.39, 0.29) is 16.2 Å². The Hall–Kier alpha value is -2.19. The topological polar surface area (TPSA) is 101 Å². The van der Waals surface area contributed by atoms with E-state index in [1.165, 1.54) is 4.31 Å². The summed E-state index contributed by atoms with van der Waals surface area (Å²) in [6, 6.07) is 4.95. The minimum absolute atomic E-state index is 0.125. The van der Waals surface area contributed by atoms with Crippen molar-refractivity contribution in [2.45, 2.75) is 31.6 Å². The van der Waals surface area contributed by atoms with Crippen LogP contribution < -0.4 is 0 Å². The molecule has 0 saturated carbocycles. The molecule has 0 unspecified atom stereocenters. The standard InChI is InChI=1S/C16H18N2O5S/c1-10-15(11(2)23-17-10)24(21,22)18-7-5-12-3-4-14(16(19)20)9-13(12)6-8-18/h3-4,9H,5-8H2,1-2H3,(H,19,20). The van der Waals surface area contributed by atoms with Crippen molar-refractivity contribution in [3.63, 3.8) is 0 Å². The Morgan fingerprint density at radius 2 is 1.88 bits per heavy atom. The lowest BCUT2D eigenvalue weighted by Gasteiger charge is -2.19. The Bertz CT molecular complexity index is 882. The minimum Gasteiger partial charge on any atom is -0.478 e. The summed E-state index contributed by atoms with van der Waals surface area (Å²) in [5.41, 5.74) is 2.43. The first-order valence-corrected chi connectivity index (χ1v) is 9.03. The van der Waals surface area contributed by atoms with E-state index in [4.69, 9.17) is 9.63 Å². The monoisotopic (exact) mass is 350 g/mol. The molecule has 2 heterocycles. The Morgan fingerprint density at radius 1 is 1.21 bits per heavy atom. The van der Waals surface area contributed by atoms with E-state index in [1.54, 1.807) is 32.0 Å². The molecule has 1 N–H and O–H groups in total. The third-order valence-corrected chi connectivity index (χ3v) is 6.42. The third kappa shape index (κ3) is 2.83. The lowest BCUT2D eigenvalue weighted by molar-refractivity contribution is 0.0696. The summed E-state index contributed by atoms with van der Waals surface area (Å²) in [6.07, 6.45) is 1.01. The van der Waals surface area contributed by atoms with Crippen LogP contribution in [-0.2, 0) is 22.9 Å². The second-order valence-electron chi connectivity index (χ2n) is 5.85. The molecule has 1 aliphatic rings. The van der Waals surface area contributed by atoms with Gasteiger partial charge < -0.3 is 9.63 Å². The number of fused-ring (bicyclic) bond motifs is 1. The first kappa shape index (κ1) is 16.7. The summed E-state index contributed by atoms with van der Waals surface area (Å²) in [7, 11) is -3.69. The highest BCUT2D eigenvalue weighted by Crippen LogP contribution is 2.26. The molecule has 1 aromatic heterocycles. The number of carboxylic acid groups (broad SMARTS) is 1. The van der Waals surface area contributed by atoms with Crippen molar-refractivity contribution in [2.24, 2.45) is 0 Å². The molecule has 0 bridgehead atoms. The van der Waals surface area contributed by atoms with Crippen molar-refractivity contribution in [3.8, 4) is 0 Å². The average molecular weight is 350 g/mol. The number of nitrogens with zero attached hydrogens (tertiary/aromatic N) is 2. The summed E-state index contributed by atoms with van der Waals surface area (Å²) < 4.78 is 32.2. The fraction of sp³-hybridized carbons (Fsp3) is 0.375. The minimum atomic E-state index is -3.69. The highest BCUT2D eigenvalue weighted by molar-refractivity contribution is 7.89. The van der Waals surface area contributed by atoms with Gasteiger partial charge in [-0.15, -0.1) is 0 Å². The van der Waals surface area contributed by atoms with Crippen LogP contribution in [0.3, 0.4) is 0 Å². The summed E-state index contributed by atoms with van der Waals surface area (Å²) in [5.74, 6) is -0.704. The number of aromatic nitrogens is 1. The molecule has 1 aliphatic heterocycles. The maximum absolute atomic E-state index is 12.9. The molecule has 0 spiro atoms. The van der Waals surface area contributed by atoms with Gasteiger partial charge in [-0.3, -0.25) is 0 Å². The van der Waals surface area contributed by atoms with Crippen LogP contribution in [-0.4, -0.2) is 42.0 Å². The molecule has 24 heavy (non-hydrogen) atoms. The molecular weight excluding hydrogens is 332 g/mol. The lowest BCUT2D eigenvalue weighted by Crippen LogP contribution is -2.33. The van der Waals surface area contributed by atoms with Crippen LogP contribution in [0, 0.1) is 13.8 Å². The highest BCUT2D eigenvalue weighted by Gasteiger charge is 2.32. The van der Waals surface area contributed by atoms with Gasteiger partial charge >= 0.3 is 5.97 Å². The van der Waals surface area contributed by atoms with E-state index in [9.17, 15) is 13.2 Å². The molecule has 2 aromatic rings. The smallest absolute Gasteiger partial charge is 0.335 e. The lowest BCUT2D eigenvalue weighted by atomic mass is 10.0. The van der Waals surface area contributed by atoms with Crippen molar-refractivity contribution in [3.05, 3.63) is 46.3 Å². The third-order valence-electron chi connectivity index (χ3n) is 4.28. The van der Waals surface area contributed by atoms with E-state index in [2.05, 4.69) is 5.16 Å². The highest BCUT2D eigenvalue weighted by atomic mass is 32.2. The number of aryl methyl sites for hydroxylation is 2. The molecule has 7 nitrogen and oxygen atoms in total. The summed E-state index contributed by atoms with van der Waals surface area (Å²) in [4.78, 5) is 11.2. The second-order valence-corrected chi connectivity index (χ2v) is 7.72. The molecule has 0 aliphatic carbocycles.